The summed E-state index contributed by atoms with van der Waals surface area (Å²) in [5.74, 6) is -1.10. The molecule has 0 aromatic heterocycles. The van der Waals surface area contributed by atoms with Crippen LogP contribution in [-0.4, -0.2) is 29.6 Å². The number of rotatable bonds is 7. The van der Waals surface area contributed by atoms with E-state index in [-0.39, 0.29) is 23.0 Å². The van der Waals surface area contributed by atoms with E-state index >= 15 is 0 Å². The molecule has 0 radical (unpaired) electrons. The summed E-state index contributed by atoms with van der Waals surface area (Å²) in [5.41, 5.74) is 0.501. The van der Waals surface area contributed by atoms with Crippen molar-refractivity contribution in [1.82, 2.24) is 5.32 Å². The monoisotopic (exact) mass is 468 g/mol. The number of benzene rings is 2. The fourth-order valence-corrected chi connectivity index (χ4v) is 4.08. The molecule has 1 fully saturated rings. The zero-order valence-corrected chi connectivity index (χ0v) is 18.0. The number of alkyl halides is 3. The summed E-state index contributed by atoms with van der Waals surface area (Å²) in [4.78, 5) is 23.4. The molecule has 1 saturated carbocycles. The first-order valence-electron chi connectivity index (χ1n) is 10.3. The Morgan fingerprint density at radius 1 is 1.06 bits per heavy atom. The van der Waals surface area contributed by atoms with Crippen LogP contribution in [0, 0.1) is 5.92 Å². The van der Waals surface area contributed by atoms with Crippen LogP contribution in [0.3, 0.4) is 0 Å². The molecule has 2 aromatic carbocycles. The molecular formula is C23H24ClF3N2O3. The van der Waals surface area contributed by atoms with Crippen molar-refractivity contribution in [2.45, 2.75) is 44.3 Å². The van der Waals surface area contributed by atoms with E-state index in [1.54, 1.807) is 6.07 Å². The number of carboxylic acid groups (broad SMARTS) is 1. The first-order valence-corrected chi connectivity index (χ1v) is 10.7. The van der Waals surface area contributed by atoms with Gasteiger partial charge in [0.1, 0.15) is 0 Å². The van der Waals surface area contributed by atoms with Crippen molar-refractivity contribution in [2.24, 2.45) is 5.92 Å². The molecule has 0 saturated heterocycles. The van der Waals surface area contributed by atoms with Crippen molar-refractivity contribution in [1.29, 1.82) is 0 Å². The Morgan fingerprint density at radius 2 is 1.78 bits per heavy atom. The SMILES string of the molecule is O=C(O)Cc1cccc(NCC2CCC(NC(=O)c3cc(C(F)(F)F)ccc3Cl)CC2)c1. The summed E-state index contributed by atoms with van der Waals surface area (Å²) in [7, 11) is 0. The first-order chi connectivity index (χ1) is 15.1. The molecule has 0 aliphatic heterocycles. The highest BCUT2D eigenvalue weighted by Gasteiger charge is 2.32. The highest BCUT2D eigenvalue weighted by atomic mass is 35.5. The molecule has 0 heterocycles. The number of amides is 1. The van der Waals surface area contributed by atoms with Crippen LogP contribution < -0.4 is 10.6 Å². The van der Waals surface area contributed by atoms with Gasteiger partial charge >= 0.3 is 12.1 Å². The molecule has 0 bridgehead atoms. The Bertz CT molecular complexity index is 973. The van der Waals surface area contributed by atoms with Crippen LogP contribution >= 0.6 is 11.6 Å². The van der Waals surface area contributed by atoms with Crippen LogP contribution in [0.4, 0.5) is 18.9 Å². The van der Waals surface area contributed by atoms with Crippen LogP contribution in [-0.2, 0) is 17.4 Å². The molecule has 1 aliphatic rings. The maximum Gasteiger partial charge on any atom is 0.416 e. The Kier molecular flexibility index (Phi) is 7.66. The maximum atomic E-state index is 12.9. The fraction of sp³-hybridized carbons (Fsp3) is 0.391. The van der Waals surface area contributed by atoms with Crippen molar-refractivity contribution >= 4 is 29.2 Å². The quantitative estimate of drug-likeness (QED) is 0.509. The minimum atomic E-state index is -4.54. The average molecular weight is 469 g/mol. The van der Waals surface area contributed by atoms with E-state index in [0.29, 0.717) is 18.8 Å². The molecule has 0 unspecified atom stereocenters. The molecule has 0 atom stereocenters. The molecule has 9 heteroatoms. The van der Waals surface area contributed by atoms with Crippen LogP contribution in [0.15, 0.2) is 42.5 Å². The van der Waals surface area contributed by atoms with Gasteiger partial charge < -0.3 is 15.7 Å². The predicted molar refractivity (Wildman–Crippen MR) is 116 cm³/mol. The fourth-order valence-electron chi connectivity index (χ4n) is 3.88. The highest BCUT2D eigenvalue weighted by molar-refractivity contribution is 6.33. The molecule has 3 rings (SSSR count). The van der Waals surface area contributed by atoms with E-state index in [1.807, 2.05) is 18.2 Å². The normalized spacial score (nSPS) is 18.8. The van der Waals surface area contributed by atoms with E-state index in [4.69, 9.17) is 16.7 Å². The number of halogens is 4. The third-order valence-electron chi connectivity index (χ3n) is 5.60. The van der Waals surface area contributed by atoms with E-state index in [1.165, 1.54) is 0 Å². The highest BCUT2D eigenvalue weighted by Crippen LogP contribution is 2.32. The second-order valence-corrected chi connectivity index (χ2v) is 8.44. The Morgan fingerprint density at radius 3 is 2.44 bits per heavy atom. The third kappa shape index (κ3) is 6.63. The summed E-state index contributed by atoms with van der Waals surface area (Å²) in [6.45, 7) is 0.719. The molecule has 1 aliphatic carbocycles. The van der Waals surface area contributed by atoms with Crippen LogP contribution in [0.25, 0.3) is 0 Å². The summed E-state index contributed by atoms with van der Waals surface area (Å²) in [6.07, 6.45) is -1.44. The maximum absolute atomic E-state index is 12.9. The second-order valence-electron chi connectivity index (χ2n) is 8.04. The van der Waals surface area contributed by atoms with Gasteiger partial charge in [-0.15, -0.1) is 0 Å². The van der Waals surface area contributed by atoms with Crippen molar-refractivity contribution < 1.29 is 27.9 Å². The van der Waals surface area contributed by atoms with Gasteiger partial charge in [-0.2, -0.15) is 13.2 Å². The first kappa shape index (κ1) is 23.9. The van der Waals surface area contributed by atoms with Gasteiger partial charge in [-0.25, -0.2) is 0 Å². The topological polar surface area (TPSA) is 78.4 Å². The Balaban J connectivity index is 1.49. The van der Waals surface area contributed by atoms with Gasteiger partial charge in [0.05, 0.1) is 22.6 Å². The number of carbonyl (C=O) groups is 2. The summed E-state index contributed by atoms with van der Waals surface area (Å²) in [6, 6.07) is 9.89. The summed E-state index contributed by atoms with van der Waals surface area (Å²) < 4.78 is 38.8. The largest absolute Gasteiger partial charge is 0.481 e. The Hall–Kier alpha value is -2.74. The number of hydrogen-bond donors (Lipinski definition) is 3. The molecular weight excluding hydrogens is 445 g/mol. The van der Waals surface area contributed by atoms with Crippen LogP contribution in [0.5, 0.6) is 0 Å². The van der Waals surface area contributed by atoms with Crippen molar-refractivity contribution in [3.05, 3.63) is 64.2 Å². The average Bonchev–Trinajstić information content (AvgIpc) is 2.72. The van der Waals surface area contributed by atoms with E-state index in [2.05, 4.69) is 10.6 Å². The third-order valence-corrected chi connectivity index (χ3v) is 5.93. The number of aliphatic carboxylic acids is 1. The van der Waals surface area contributed by atoms with E-state index in [9.17, 15) is 22.8 Å². The van der Waals surface area contributed by atoms with Crippen molar-refractivity contribution in [3.63, 3.8) is 0 Å². The zero-order valence-electron chi connectivity index (χ0n) is 17.2. The van der Waals surface area contributed by atoms with Gasteiger partial charge in [0.15, 0.2) is 0 Å². The van der Waals surface area contributed by atoms with Crippen molar-refractivity contribution in [3.8, 4) is 0 Å². The molecule has 1 amide bonds. The number of nitrogens with one attached hydrogen (secondary N) is 2. The number of carboxylic acids is 1. The minimum Gasteiger partial charge on any atom is -0.481 e. The van der Waals surface area contributed by atoms with E-state index < -0.39 is 23.6 Å². The molecule has 172 valence electrons. The zero-order chi connectivity index (χ0) is 23.3. The predicted octanol–water partition coefficient (Wildman–Crippen LogP) is 5.39. The van der Waals surface area contributed by atoms with Gasteiger partial charge in [-0.05, 0) is 67.5 Å². The lowest BCUT2D eigenvalue weighted by molar-refractivity contribution is -0.138. The summed E-state index contributed by atoms with van der Waals surface area (Å²) >= 11 is 5.95. The van der Waals surface area contributed by atoms with Crippen molar-refractivity contribution in [2.75, 3.05) is 11.9 Å². The molecule has 32 heavy (non-hydrogen) atoms. The van der Waals surface area contributed by atoms with Crippen LogP contribution in [0.1, 0.15) is 47.2 Å². The van der Waals surface area contributed by atoms with Gasteiger partial charge in [0.25, 0.3) is 5.91 Å². The minimum absolute atomic E-state index is 0.0153. The lowest BCUT2D eigenvalue weighted by Gasteiger charge is -2.29. The molecule has 0 spiro atoms. The summed E-state index contributed by atoms with van der Waals surface area (Å²) in [5, 5.41) is 15.0. The van der Waals surface area contributed by atoms with Gasteiger partial charge in [-0.1, -0.05) is 23.7 Å². The second kappa shape index (κ2) is 10.3. The molecule has 2 aromatic rings. The smallest absolute Gasteiger partial charge is 0.416 e. The van der Waals surface area contributed by atoms with E-state index in [0.717, 1.165) is 48.8 Å². The van der Waals surface area contributed by atoms with Gasteiger partial charge in [-0.3, -0.25) is 9.59 Å². The number of anilines is 1. The van der Waals surface area contributed by atoms with Gasteiger partial charge in [0.2, 0.25) is 0 Å². The standard InChI is InChI=1S/C23H24ClF3N2O3/c24-20-9-6-16(23(25,26)27)12-19(20)22(32)29-17-7-4-14(5-8-17)13-28-18-3-1-2-15(10-18)11-21(30)31/h1-3,6,9-10,12,14,17,28H,4-5,7-8,11,13H2,(H,29,32)(H,30,31). The molecule has 3 N–H and O–H groups in total. The van der Waals surface area contributed by atoms with Crippen LogP contribution in [0.2, 0.25) is 5.02 Å². The lowest BCUT2D eigenvalue weighted by atomic mass is 9.85. The number of carbonyl (C=O) groups excluding carboxylic acids is 1. The Labute approximate surface area is 189 Å². The van der Waals surface area contributed by atoms with Gasteiger partial charge in [0, 0.05) is 18.3 Å². The number of hydrogen-bond acceptors (Lipinski definition) is 3. The lowest BCUT2D eigenvalue weighted by Crippen LogP contribution is -2.38. The molecule has 5 nitrogen and oxygen atoms in total.